The van der Waals surface area contributed by atoms with Gasteiger partial charge in [0.15, 0.2) is 0 Å². The van der Waals surface area contributed by atoms with Gasteiger partial charge in [-0.3, -0.25) is 9.59 Å². The first kappa shape index (κ1) is 14.4. The number of phenols is 1. The van der Waals surface area contributed by atoms with Crippen LogP contribution in [0.25, 0.3) is 0 Å². The Balaban J connectivity index is 2.04. The Morgan fingerprint density at radius 1 is 1.30 bits per heavy atom. The average Bonchev–Trinajstić information content (AvgIpc) is 2.42. The van der Waals surface area contributed by atoms with E-state index < -0.39 is 5.97 Å². The SMILES string of the molecule is Cc1c(O)cccc1C(=O)NC1CCCC(C(=O)O)C1. The lowest BCUT2D eigenvalue weighted by Crippen LogP contribution is -2.40. The maximum Gasteiger partial charge on any atom is 0.306 e. The predicted molar refractivity (Wildman–Crippen MR) is 73.7 cm³/mol. The summed E-state index contributed by atoms with van der Waals surface area (Å²) < 4.78 is 0. The highest BCUT2D eigenvalue weighted by molar-refractivity contribution is 5.96. The highest BCUT2D eigenvalue weighted by atomic mass is 16.4. The third-order valence-electron chi connectivity index (χ3n) is 3.91. The Morgan fingerprint density at radius 2 is 2.05 bits per heavy atom. The maximum absolute atomic E-state index is 12.2. The van der Waals surface area contributed by atoms with Crippen LogP contribution in [0.15, 0.2) is 18.2 Å². The largest absolute Gasteiger partial charge is 0.508 e. The van der Waals surface area contributed by atoms with E-state index in [1.165, 1.54) is 6.07 Å². The number of hydrogen-bond donors (Lipinski definition) is 3. The van der Waals surface area contributed by atoms with Crippen LogP contribution in [0.2, 0.25) is 0 Å². The second-order valence-corrected chi connectivity index (χ2v) is 5.32. The van der Waals surface area contributed by atoms with Gasteiger partial charge in [-0.1, -0.05) is 12.5 Å². The number of rotatable bonds is 3. The number of hydrogen-bond acceptors (Lipinski definition) is 3. The van der Waals surface area contributed by atoms with Crippen molar-refractivity contribution in [1.29, 1.82) is 0 Å². The molecule has 5 heteroatoms. The average molecular weight is 277 g/mol. The third kappa shape index (κ3) is 3.10. The summed E-state index contributed by atoms with van der Waals surface area (Å²) in [6.07, 6.45) is 2.75. The molecular weight excluding hydrogens is 258 g/mol. The number of carbonyl (C=O) groups excluding carboxylic acids is 1. The molecule has 2 rings (SSSR count). The highest BCUT2D eigenvalue weighted by Gasteiger charge is 2.28. The van der Waals surface area contributed by atoms with Crippen LogP contribution in [0, 0.1) is 12.8 Å². The van der Waals surface area contributed by atoms with Gasteiger partial charge < -0.3 is 15.5 Å². The van der Waals surface area contributed by atoms with Crippen molar-refractivity contribution < 1.29 is 19.8 Å². The van der Waals surface area contributed by atoms with Crippen LogP contribution in [0.4, 0.5) is 0 Å². The number of carbonyl (C=O) groups is 2. The zero-order valence-corrected chi connectivity index (χ0v) is 11.4. The van der Waals surface area contributed by atoms with Gasteiger partial charge in [0.1, 0.15) is 5.75 Å². The molecule has 20 heavy (non-hydrogen) atoms. The Kier molecular flexibility index (Phi) is 4.27. The Morgan fingerprint density at radius 3 is 2.75 bits per heavy atom. The number of nitrogens with one attached hydrogen (secondary N) is 1. The molecule has 108 valence electrons. The van der Waals surface area contributed by atoms with Gasteiger partial charge >= 0.3 is 5.97 Å². The van der Waals surface area contributed by atoms with Crippen molar-refractivity contribution in [2.75, 3.05) is 0 Å². The minimum Gasteiger partial charge on any atom is -0.508 e. The van der Waals surface area contributed by atoms with Crippen molar-refractivity contribution in [1.82, 2.24) is 5.32 Å². The molecule has 0 bridgehead atoms. The molecule has 1 aromatic rings. The van der Waals surface area contributed by atoms with Gasteiger partial charge in [0, 0.05) is 17.2 Å². The van der Waals surface area contributed by atoms with E-state index in [9.17, 15) is 14.7 Å². The molecule has 0 aromatic heterocycles. The first-order chi connectivity index (χ1) is 9.49. The van der Waals surface area contributed by atoms with Crippen LogP contribution < -0.4 is 5.32 Å². The van der Waals surface area contributed by atoms with E-state index in [0.717, 1.165) is 12.8 Å². The molecule has 1 aliphatic rings. The molecule has 1 aliphatic carbocycles. The Bertz CT molecular complexity index is 527. The van der Waals surface area contributed by atoms with Crippen molar-refractivity contribution in [2.45, 2.75) is 38.6 Å². The zero-order chi connectivity index (χ0) is 14.7. The van der Waals surface area contributed by atoms with Crippen LogP contribution >= 0.6 is 0 Å². The summed E-state index contributed by atoms with van der Waals surface area (Å²) in [5.74, 6) is -1.34. The van der Waals surface area contributed by atoms with Gasteiger partial charge in [-0.25, -0.2) is 0 Å². The fraction of sp³-hybridized carbons (Fsp3) is 0.467. The monoisotopic (exact) mass is 277 g/mol. The number of aromatic hydroxyl groups is 1. The van der Waals surface area contributed by atoms with Gasteiger partial charge in [0.25, 0.3) is 5.91 Å². The molecule has 0 aliphatic heterocycles. The topological polar surface area (TPSA) is 86.6 Å². The summed E-state index contributed by atoms with van der Waals surface area (Å²) in [7, 11) is 0. The summed E-state index contributed by atoms with van der Waals surface area (Å²) in [5, 5.41) is 21.5. The van der Waals surface area contributed by atoms with Crippen molar-refractivity contribution in [3.05, 3.63) is 29.3 Å². The van der Waals surface area contributed by atoms with E-state index in [0.29, 0.717) is 24.0 Å². The smallest absolute Gasteiger partial charge is 0.306 e. The zero-order valence-electron chi connectivity index (χ0n) is 11.4. The molecule has 2 unspecified atom stereocenters. The van der Waals surface area contributed by atoms with Gasteiger partial charge in [-0.05, 0) is 38.3 Å². The third-order valence-corrected chi connectivity index (χ3v) is 3.91. The predicted octanol–water partition coefficient (Wildman–Crippen LogP) is 2.07. The Labute approximate surface area is 117 Å². The highest BCUT2D eigenvalue weighted by Crippen LogP contribution is 2.25. The van der Waals surface area contributed by atoms with Crippen LogP contribution in [0.3, 0.4) is 0 Å². The molecule has 0 spiro atoms. The van der Waals surface area contributed by atoms with E-state index in [1.54, 1.807) is 19.1 Å². The van der Waals surface area contributed by atoms with Gasteiger partial charge in [-0.2, -0.15) is 0 Å². The van der Waals surface area contributed by atoms with Gasteiger partial charge in [0.2, 0.25) is 0 Å². The van der Waals surface area contributed by atoms with E-state index in [1.807, 2.05) is 0 Å². The molecular formula is C15H19NO4. The van der Waals surface area contributed by atoms with Crippen LogP contribution in [0.1, 0.15) is 41.6 Å². The molecule has 0 saturated heterocycles. The summed E-state index contributed by atoms with van der Waals surface area (Å²) in [6, 6.07) is 4.70. The molecule has 5 nitrogen and oxygen atoms in total. The molecule has 0 heterocycles. The van der Waals surface area contributed by atoms with Crippen molar-refractivity contribution in [3.8, 4) is 5.75 Å². The number of carboxylic acid groups (broad SMARTS) is 1. The molecule has 0 radical (unpaired) electrons. The lowest BCUT2D eigenvalue weighted by atomic mass is 9.85. The summed E-state index contributed by atoms with van der Waals surface area (Å²) in [4.78, 5) is 23.2. The lowest BCUT2D eigenvalue weighted by molar-refractivity contribution is -0.143. The van der Waals surface area contributed by atoms with E-state index in [-0.39, 0.29) is 23.6 Å². The fourth-order valence-electron chi connectivity index (χ4n) is 2.68. The quantitative estimate of drug-likeness (QED) is 0.789. The second kappa shape index (κ2) is 5.94. The van der Waals surface area contributed by atoms with Crippen molar-refractivity contribution in [2.24, 2.45) is 5.92 Å². The number of phenolic OH excluding ortho intramolecular Hbond substituents is 1. The molecule has 1 saturated carbocycles. The van der Waals surface area contributed by atoms with Crippen molar-refractivity contribution in [3.63, 3.8) is 0 Å². The minimum absolute atomic E-state index is 0.0877. The molecule has 3 N–H and O–H groups in total. The number of benzene rings is 1. The van der Waals surface area contributed by atoms with Gasteiger partial charge in [-0.15, -0.1) is 0 Å². The number of aliphatic carboxylic acids is 1. The number of amides is 1. The van der Waals surface area contributed by atoms with Crippen LogP contribution in [-0.2, 0) is 4.79 Å². The van der Waals surface area contributed by atoms with Gasteiger partial charge in [0.05, 0.1) is 5.92 Å². The second-order valence-electron chi connectivity index (χ2n) is 5.32. The first-order valence-electron chi connectivity index (χ1n) is 6.81. The molecule has 1 aromatic carbocycles. The molecule has 2 atom stereocenters. The van der Waals surface area contributed by atoms with E-state index in [2.05, 4.69) is 5.32 Å². The van der Waals surface area contributed by atoms with Crippen LogP contribution in [-0.4, -0.2) is 28.1 Å². The Hall–Kier alpha value is -2.04. The minimum atomic E-state index is -0.794. The van der Waals surface area contributed by atoms with Crippen molar-refractivity contribution >= 4 is 11.9 Å². The standard InChI is InChI=1S/C15H19NO4/c1-9-12(6-3-7-13(9)17)14(18)16-11-5-2-4-10(8-11)15(19)20/h3,6-7,10-11,17H,2,4-5,8H2,1H3,(H,16,18)(H,19,20). The first-order valence-corrected chi connectivity index (χ1v) is 6.81. The molecule has 1 fully saturated rings. The maximum atomic E-state index is 12.2. The van der Waals surface area contributed by atoms with Crippen LogP contribution in [0.5, 0.6) is 5.75 Å². The van der Waals surface area contributed by atoms with E-state index >= 15 is 0 Å². The normalized spacial score (nSPS) is 22.2. The summed E-state index contributed by atoms with van der Waals surface area (Å²) in [6.45, 7) is 1.69. The summed E-state index contributed by atoms with van der Waals surface area (Å²) in [5.41, 5.74) is 0.970. The lowest BCUT2D eigenvalue weighted by Gasteiger charge is -2.27. The number of carboxylic acids is 1. The van der Waals surface area contributed by atoms with E-state index in [4.69, 9.17) is 5.11 Å². The fourth-order valence-corrected chi connectivity index (χ4v) is 2.68. The molecule has 1 amide bonds. The summed E-state index contributed by atoms with van der Waals surface area (Å²) >= 11 is 0.